The molecule has 1 saturated heterocycles. The zero-order valence-corrected chi connectivity index (χ0v) is 23.2. The molecule has 2 aliphatic rings. The molecule has 0 spiro atoms. The highest BCUT2D eigenvalue weighted by Crippen LogP contribution is 2.38. The van der Waals surface area contributed by atoms with E-state index in [9.17, 15) is 0 Å². The molecule has 1 fully saturated rings. The van der Waals surface area contributed by atoms with E-state index in [-0.39, 0.29) is 17.8 Å². The van der Waals surface area contributed by atoms with Crippen molar-refractivity contribution in [3.8, 4) is 0 Å². The molecule has 5 rings (SSSR count). The van der Waals surface area contributed by atoms with Crippen LogP contribution < -0.4 is 0 Å². The number of aryl methyl sites for hydroxylation is 3. The van der Waals surface area contributed by atoms with Gasteiger partial charge in [0.15, 0.2) is 0 Å². The molecule has 1 heterocycles. The molecular formula is C34H42ClN. The number of piperidine rings is 1. The van der Waals surface area contributed by atoms with Crippen LogP contribution in [0.3, 0.4) is 0 Å². The molecule has 2 heteroatoms. The zero-order chi connectivity index (χ0) is 24.3. The Morgan fingerprint density at radius 3 is 1.78 bits per heavy atom. The molecule has 0 atom stereocenters. The Hall–Kier alpha value is -2.35. The Morgan fingerprint density at radius 2 is 1.22 bits per heavy atom. The molecule has 0 N–H and O–H groups in total. The van der Waals surface area contributed by atoms with Crippen LogP contribution in [0.25, 0.3) is 5.57 Å². The summed E-state index contributed by atoms with van der Waals surface area (Å²) < 4.78 is 0. The molecule has 1 aliphatic carbocycles. The van der Waals surface area contributed by atoms with Crippen molar-refractivity contribution in [2.45, 2.75) is 71.1 Å². The van der Waals surface area contributed by atoms with Gasteiger partial charge in [-0.1, -0.05) is 99.1 Å². The predicted octanol–water partition coefficient (Wildman–Crippen LogP) is 8.43. The van der Waals surface area contributed by atoms with E-state index >= 15 is 0 Å². The Bertz CT molecular complexity index is 1120. The van der Waals surface area contributed by atoms with E-state index in [1.54, 1.807) is 11.1 Å². The summed E-state index contributed by atoms with van der Waals surface area (Å²) in [5.74, 6) is 0. The van der Waals surface area contributed by atoms with Crippen LogP contribution in [0.5, 0.6) is 0 Å². The average Bonchev–Trinajstić information content (AvgIpc) is 3.04. The van der Waals surface area contributed by atoms with E-state index in [1.165, 1.54) is 85.1 Å². The number of nitrogens with zero attached hydrogens (tertiary/aromatic N) is 1. The van der Waals surface area contributed by atoms with Crippen LogP contribution in [0.1, 0.15) is 79.8 Å². The van der Waals surface area contributed by atoms with Crippen molar-refractivity contribution in [2.75, 3.05) is 19.6 Å². The maximum atomic E-state index is 2.70. The molecule has 3 aromatic rings. The van der Waals surface area contributed by atoms with Crippen molar-refractivity contribution < 1.29 is 0 Å². The summed E-state index contributed by atoms with van der Waals surface area (Å²) in [5.41, 5.74) is 12.4. The van der Waals surface area contributed by atoms with Gasteiger partial charge in [0.05, 0.1) is 0 Å². The molecule has 3 aromatic carbocycles. The first kappa shape index (κ1) is 26.7. The van der Waals surface area contributed by atoms with Gasteiger partial charge >= 0.3 is 0 Å². The number of unbranched alkanes of at least 4 members (excludes halogenated alkanes) is 1. The van der Waals surface area contributed by atoms with Gasteiger partial charge in [-0.15, -0.1) is 12.4 Å². The summed E-state index contributed by atoms with van der Waals surface area (Å²) in [4.78, 5) is 2.70. The average molecular weight is 500 g/mol. The van der Waals surface area contributed by atoms with Crippen LogP contribution in [0.15, 0.2) is 78.4 Å². The summed E-state index contributed by atoms with van der Waals surface area (Å²) in [5, 5.41) is 0. The van der Waals surface area contributed by atoms with Gasteiger partial charge in [0, 0.05) is 13.1 Å². The van der Waals surface area contributed by atoms with E-state index in [1.807, 2.05) is 0 Å². The van der Waals surface area contributed by atoms with Crippen molar-refractivity contribution >= 4 is 18.0 Å². The van der Waals surface area contributed by atoms with E-state index in [4.69, 9.17) is 0 Å². The number of likely N-dealkylation sites (tertiary alicyclic amines) is 1. The maximum absolute atomic E-state index is 2.70. The van der Waals surface area contributed by atoms with Crippen molar-refractivity contribution in [3.63, 3.8) is 0 Å². The molecule has 1 nitrogen and oxygen atoms in total. The van der Waals surface area contributed by atoms with Gasteiger partial charge in [-0.25, -0.2) is 0 Å². The van der Waals surface area contributed by atoms with Gasteiger partial charge in [-0.05, 0) is 95.9 Å². The molecule has 0 bridgehead atoms. The SMILES string of the molecule is CC(C)(C)c1ccc(CCCCN2CCC(=C3c4ccccc4CCc4ccccc43)CC2)cc1.Cl. The fourth-order valence-corrected chi connectivity index (χ4v) is 5.89. The zero-order valence-electron chi connectivity index (χ0n) is 22.4. The quantitative estimate of drug-likeness (QED) is 0.318. The number of rotatable bonds is 5. The minimum absolute atomic E-state index is 0. The highest BCUT2D eigenvalue weighted by molar-refractivity contribution is 5.86. The Balaban J connectivity index is 0.00000304. The molecule has 0 amide bonds. The summed E-state index contributed by atoms with van der Waals surface area (Å²) in [7, 11) is 0. The number of fused-ring (bicyclic) bond motifs is 2. The third-order valence-corrected chi connectivity index (χ3v) is 8.06. The van der Waals surface area contributed by atoms with E-state index in [2.05, 4.69) is 98.5 Å². The number of benzene rings is 3. The van der Waals surface area contributed by atoms with Crippen LogP contribution in [-0.4, -0.2) is 24.5 Å². The lowest BCUT2D eigenvalue weighted by atomic mass is 9.86. The second-order valence-corrected chi connectivity index (χ2v) is 11.5. The minimum atomic E-state index is 0. The summed E-state index contributed by atoms with van der Waals surface area (Å²) >= 11 is 0. The van der Waals surface area contributed by atoms with Crippen molar-refractivity contribution in [3.05, 3.63) is 112 Å². The molecule has 1 aliphatic heterocycles. The van der Waals surface area contributed by atoms with E-state index < -0.39 is 0 Å². The lowest BCUT2D eigenvalue weighted by Crippen LogP contribution is -2.32. The van der Waals surface area contributed by atoms with Crippen LogP contribution in [0.2, 0.25) is 0 Å². The second-order valence-electron chi connectivity index (χ2n) is 11.5. The number of hydrogen-bond donors (Lipinski definition) is 0. The van der Waals surface area contributed by atoms with E-state index in [0.717, 1.165) is 12.8 Å². The highest BCUT2D eigenvalue weighted by atomic mass is 35.5. The molecule has 0 saturated carbocycles. The summed E-state index contributed by atoms with van der Waals surface area (Å²) in [6.07, 6.45) is 8.46. The van der Waals surface area contributed by atoms with Crippen molar-refractivity contribution in [2.24, 2.45) is 0 Å². The summed E-state index contributed by atoms with van der Waals surface area (Å²) in [6, 6.07) is 27.6. The predicted molar refractivity (Wildman–Crippen MR) is 157 cm³/mol. The van der Waals surface area contributed by atoms with Crippen LogP contribution in [-0.2, 0) is 24.7 Å². The minimum Gasteiger partial charge on any atom is -0.303 e. The van der Waals surface area contributed by atoms with Gasteiger partial charge in [0.25, 0.3) is 0 Å². The fourth-order valence-electron chi connectivity index (χ4n) is 5.89. The van der Waals surface area contributed by atoms with Gasteiger partial charge < -0.3 is 4.90 Å². The third kappa shape index (κ3) is 6.13. The highest BCUT2D eigenvalue weighted by Gasteiger charge is 2.23. The standard InChI is InChI=1S/C34H41N.ClH/c1-34(2,3)30-19-15-26(16-20-30)10-8-9-23-35-24-21-29(22-25-35)33-31-13-6-4-11-27(31)17-18-28-12-5-7-14-32(28)33;/h4-7,11-16,19-20H,8-10,17-18,21-25H2,1-3H3;1H. The Morgan fingerprint density at radius 1 is 0.667 bits per heavy atom. The van der Waals surface area contributed by atoms with Gasteiger partial charge in [0.1, 0.15) is 0 Å². The smallest absolute Gasteiger partial charge is 0.00190 e. The fraction of sp³-hybridized carbons (Fsp3) is 0.412. The van der Waals surface area contributed by atoms with Gasteiger partial charge in [-0.3, -0.25) is 0 Å². The van der Waals surface area contributed by atoms with Crippen molar-refractivity contribution in [1.82, 2.24) is 4.90 Å². The molecule has 190 valence electrons. The topological polar surface area (TPSA) is 3.24 Å². The van der Waals surface area contributed by atoms with E-state index in [0.29, 0.717) is 0 Å². The first-order chi connectivity index (χ1) is 17.0. The van der Waals surface area contributed by atoms with Crippen molar-refractivity contribution in [1.29, 1.82) is 0 Å². The van der Waals surface area contributed by atoms with Gasteiger partial charge in [-0.2, -0.15) is 0 Å². The Labute approximate surface area is 225 Å². The first-order valence-electron chi connectivity index (χ1n) is 13.7. The first-order valence-corrected chi connectivity index (χ1v) is 13.7. The van der Waals surface area contributed by atoms with Gasteiger partial charge in [0.2, 0.25) is 0 Å². The molecule has 0 aromatic heterocycles. The second kappa shape index (κ2) is 11.8. The molecule has 36 heavy (non-hydrogen) atoms. The lowest BCUT2D eigenvalue weighted by molar-refractivity contribution is 0.252. The number of halogens is 1. The third-order valence-electron chi connectivity index (χ3n) is 8.06. The summed E-state index contributed by atoms with van der Waals surface area (Å²) in [6.45, 7) is 10.5. The monoisotopic (exact) mass is 499 g/mol. The molecule has 0 radical (unpaired) electrons. The largest absolute Gasteiger partial charge is 0.303 e. The van der Waals surface area contributed by atoms with Crippen LogP contribution in [0, 0.1) is 0 Å². The lowest BCUT2D eigenvalue weighted by Gasteiger charge is -2.30. The molecular weight excluding hydrogens is 458 g/mol. The number of hydrogen-bond acceptors (Lipinski definition) is 1. The maximum Gasteiger partial charge on any atom is 0.00190 e. The Kier molecular flexibility index (Phi) is 8.75. The molecule has 0 unspecified atom stereocenters. The van der Waals surface area contributed by atoms with Crippen LogP contribution >= 0.6 is 12.4 Å². The van der Waals surface area contributed by atoms with Crippen LogP contribution in [0.4, 0.5) is 0 Å². The normalized spacial score (nSPS) is 16.1.